The minimum Gasteiger partial charge on any atom is -0.497 e. The molecule has 0 radical (unpaired) electrons. The van der Waals surface area contributed by atoms with E-state index in [1.807, 2.05) is 74.5 Å². The Hall–Kier alpha value is -3.25. The SMILES string of the molecule is COc1ccc(-n2c(C)cc(/C=C3/SC(=Nc4ccccc4)N(C(C)C)C3=O)c2C)cc1. The molecule has 1 aromatic heterocycles. The number of benzene rings is 2. The quantitative estimate of drug-likeness (QED) is 0.445. The third-order valence-corrected chi connectivity index (χ3v) is 6.40. The average Bonchev–Trinajstić information content (AvgIpc) is 3.24. The number of hydrogen-bond acceptors (Lipinski definition) is 4. The van der Waals surface area contributed by atoms with Crippen LogP contribution in [-0.2, 0) is 4.79 Å². The van der Waals surface area contributed by atoms with Crippen LogP contribution in [-0.4, -0.2) is 33.7 Å². The molecule has 0 spiro atoms. The second-order valence-corrected chi connectivity index (χ2v) is 8.98. The van der Waals surface area contributed by atoms with E-state index in [0.29, 0.717) is 10.1 Å². The van der Waals surface area contributed by atoms with Crippen LogP contribution >= 0.6 is 11.8 Å². The number of para-hydroxylation sites is 1. The minimum absolute atomic E-state index is 0.00562. The van der Waals surface area contributed by atoms with Crippen molar-refractivity contribution in [1.29, 1.82) is 0 Å². The molecule has 1 aliphatic rings. The molecule has 0 aliphatic carbocycles. The van der Waals surface area contributed by atoms with E-state index < -0.39 is 0 Å². The molecule has 0 N–H and O–H groups in total. The zero-order chi connectivity index (χ0) is 22.8. The summed E-state index contributed by atoms with van der Waals surface area (Å²) in [6, 6.07) is 19.9. The van der Waals surface area contributed by atoms with Crippen molar-refractivity contribution in [3.63, 3.8) is 0 Å². The smallest absolute Gasteiger partial charge is 0.266 e. The molecule has 1 fully saturated rings. The number of aromatic nitrogens is 1. The number of amides is 1. The summed E-state index contributed by atoms with van der Waals surface area (Å²) in [4.78, 5) is 20.4. The van der Waals surface area contributed by atoms with Crippen molar-refractivity contribution in [3.8, 4) is 11.4 Å². The Morgan fingerprint density at radius 3 is 2.34 bits per heavy atom. The van der Waals surface area contributed by atoms with Gasteiger partial charge in [0.25, 0.3) is 5.91 Å². The van der Waals surface area contributed by atoms with E-state index in [2.05, 4.69) is 24.5 Å². The number of hydrogen-bond donors (Lipinski definition) is 0. The standard InChI is InChI=1S/C26H27N3O2S/c1-17(2)28-25(30)24(32-26(28)27-21-9-7-6-8-10-21)16-20-15-18(3)29(19(20)4)22-11-13-23(31-5)14-12-22/h6-17H,1-5H3/b24-16+,27-26?. The molecule has 0 bridgehead atoms. The number of ether oxygens (including phenoxy) is 1. The summed E-state index contributed by atoms with van der Waals surface area (Å²) in [5, 5.41) is 0.714. The second-order valence-electron chi connectivity index (χ2n) is 7.97. The summed E-state index contributed by atoms with van der Waals surface area (Å²) >= 11 is 1.43. The third kappa shape index (κ3) is 4.23. The van der Waals surface area contributed by atoms with E-state index in [1.165, 1.54) is 11.8 Å². The van der Waals surface area contributed by atoms with Crippen molar-refractivity contribution in [3.05, 3.63) is 82.5 Å². The third-order valence-electron chi connectivity index (χ3n) is 5.42. The highest BCUT2D eigenvalue weighted by Gasteiger charge is 2.35. The van der Waals surface area contributed by atoms with Crippen LogP contribution in [0.4, 0.5) is 5.69 Å². The van der Waals surface area contributed by atoms with Gasteiger partial charge < -0.3 is 9.30 Å². The lowest BCUT2D eigenvalue weighted by atomic mass is 10.2. The number of rotatable bonds is 5. The zero-order valence-electron chi connectivity index (χ0n) is 19.0. The summed E-state index contributed by atoms with van der Waals surface area (Å²) in [6.07, 6.45) is 1.98. The molecule has 1 aliphatic heterocycles. The number of aliphatic imine (C=N–C) groups is 1. The van der Waals surface area contributed by atoms with Crippen LogP contribution in [0.1, 0.15) is 30.8 Å². The molecule has 5 nitrogen and oxygen atoms in total. The van der Waals surface area contributed by atoms with Crippen molar-refractivity contribution < 1.29 is 9.53 Å². The lowest BCUT2D eigenvalue weighted by Crippen LogP contribution is -2.35. The van der Waals surface area contributed by atoms with E-state index >= 15 is 0 Å². The zero-order valence-corrected chi connectivity index (χ0v) is 19.8. The average molecular weight is 446 g/mol. The molecule has 0 atom stereocenters. The molecular formula is C26H27N3O2S. The number of nitrogens with zero attached hydrogens (tertiary/aromatic N) is 3. The monoisotopic (exact) mass is 445 g/mol. The number of amidine groups is 1. The van der Waals surface area contributed by atoms with Crippen LogP contribution in [0.25, 0.3) is 11.8 Å². The summed E-state index contributed by atoms with van der Waals surface area (Å²) in [5.41, 5.74) is 5.11. The molecule has 0 unspecified atom stereocenters. The van der Waals surface area contributed by atoms with Crippen molar-refractivity contribution in [2.24, 2.45) is 4.99 Å². The predicted octanol–water partition coefficient (Wildman–Crippen LogP) is 6.12. The lowest BCUT2D eigenvalue weighted by molar-refractivity contribution is -0.123. The molecule has 1 amide bonds. The first kappa shape index (κ1) is 22.0. The molecule has 0 saturated carbocycles. The van der Waals surface area contributed by atoms with Gasteiger partial charge in [-0.1, -0.05) is 18.2 Å². The number of thioether (sulfide) groups is 1. The summed E-state index contributed by atoms with van der Waals surface area (Å²) in [7, 11) is 1.66. The first-order valence-corrected chi connectivity index (χ1v) is 11.4. The number of carbonyl (C=O) groups is 1. The van der Waals surface area contributed by atoms with E-state index in [0.717, 1.165) is 34.1 Å². The molecule has 4 rings (SSSR count). The first-order valence-electron chi connectivity index (χ1n) is 10.6. The van der Waals surface area contributed by atoms with Gasteiger partial charge in [-0.3, -0.25) is 9.69 Å². The Morgan fingerprint density at radius 1 is 1.03 bits per heavy atom. The van der Waals surface area contributed by atoms with E-state index in [4.69, 9.17) is 9.73 Å². The van der Waals surface area contributed by atoms with Crippen molar-refractivity contribution >= 4 is 34.6 Å². The van der Waals surface area contributed by atoms with E-state index in [-0.39, 0.29) is 11.9 Å². The molecule has 32 heavy (non-hydrogen) atoms. The van der Waals surface area contributed by atoms with Crippen LogP contribution in [0, 0.1) is 13.8 Å². The van der Waals surface area contributed by atoms with Crippen molar-refractivity contribution in [2.75, 3.05) is 7.11 Å². The Labute approximate surface area is 193 Å². The first-order chi connectivity index (χ1) is 15.4. The number of methoxy groups -OCH3 is 1. The van der Waals surface area contributed by atoms with Gasteiger partial charge in [-0.05, 0) is 93.6 Å². The highest BCUT2D eigenvalue weighted by atomic mass is 32.2. The second kappa shape index (κ2) is 9.09. The summed E-state index contributed by atoms with van der Waals surface area (Å²) in [5.74, 6) is 0.819. The van der Waals surface area contributed by atoms with E-state index in [1.54, 1.807) is 12.0 Å². The van der Waals surface area contributed by atoms with Crippen LogP contribution in [0.5, 0.6) is 5.75 Å². The Bertz CT molecular complexity index is 1190. The molecule has 2 heterocycles. The highest BCUT2D eigenvalue weighted by molar-refractivity contribution is 8.18. The van der Waals surface area contributed by atoms with Crippen molar-refractivity contribution in [2.45, 2.75) is 33.7 Å². The van der Waals surface area contributed by atoms with Crippen molar-refractivity contribution in [1.82, 2.24) is 9.47 Å². The van der Waals surface area contributed by atoms with Gasteiger partial charge in [-0.25, -0.2) is 4.99 Å². The largest absolute Gasteiger partial charge is 0.497 e. The van der Waals surface area contributed by atoms with Gasteiger partial charge in [0, 0.05) is 23.1 Å². The summed E-state index contributed by atoms with van der Waals surface area (Å²) < 4.78 is 7.47. The van der Waals surface area contributed by atoms with Gasteiger partial charge >= 0.3 is 0 Å². The minimum atomic E-state index is -0.00562. The predicted molar refractivity (Wildman–Crippen MR) is 133 cm³/mol. The van der Waals surface area contributed by atoms with Gasteiger partial charge in [-0.15, -0.1) is 0 Å². The summed E-state index contributed by atoms with van der Waals surface area (Å²) in [6.45, 7) is 8.17. The molecule has 6 heteroatoms. The lowest BCUT2D eigenvalue weighted by Gasteiger charge is -2.19. The molecule has 1 saturated heterocycles. The molecule has 2 aromatic carbocycles. The maximum atomic E-state index is 13.2. The Balaban J connectivity index is 1.70. The van der Waals surface area contributed by atoms with Gasteiger partial charge in [0.05, 0.1) is 17.7 Å². The maximum absolute atomic E-state index is 13.2. The highest BCUT2D eigenvalue weighted by Crippen LogP contribution is 2.36. The maximum Gasteiger partial charge on any atom is 0.266 e. The van der Waals surface area contributed by atoms with Crippen LogP contribution in [0.3, 0.4) is 0 Å². The Morgan fingerprint density at radius 2 is 1.72 bits per heavy atom. The van der Waals surface area contributed by atoms with Gasteiger partial charge in [0.1, 0.15) is 5.75 Å². The molecule has 164 valence electrons. The fourth-order valence-corrected chi connectivity index (χ4v) is 4.95. The van der Waals surface area contributed by atoms with Crippen LogP contribution in [0.15, 0.2) is 70.6 Å². The van der Waals surface area contributed by atoms with Gasteiger partial charge in [0.15, 0.2) is 5.17 Å². The fourth-order valence-electron chi connectivity index (χ4n) is 3.84. The van der Waals surface area contributed by atoms with Crippen LogP contribution < -0.4 is 4.74 Å². The topological polar surface area (TPSA) is 46.8 Å². The van der Waals surface area contributed by atoms with Gasteiger partial charge in [-0.2, -0.15) is 0 Å². The van der Waals surface area contributed by atoms with E-state index in [9.17, 15) is 4.79 Å². The number of carbonyl (C=O) groups excluding carboxylic acids is 1. The molecular weight excluding hydrogens is 418 g/mol. The Kier molecular flexibility index (Phi) is 6.24. The number of aryl methyl sites for hydroxylation is 1. The van der Waals surface area contributed by atoms with Gasteiger partial charge in [0.2, 0.25) is 0 Å². The fraction of sp³-hybridized carbons (Fsp3) is 0.231. The molecule has 3 aromatic rings. The van der Waals surface area contributed by atoms with Crippen LogP contribution in [0.2, 0.25) is 0 Å². The normalized spacial score (nSPS) is 16.6.